The second-order valence-electron chi connectivity index (χ2n) is 6.19. The van der Waals surface area contributed by atoms with Crippen molar-refractivity contribution in [3.63, 3.8) is 0 Å². The van der Waals surface area contributed by atoms with Gasteiger partial charge in [-0.3, -0.25) is 29.0 Å². The average Bonchev–Trinajstić information content (AvgIpc) is 2.79. The highest BCUT2D eigenvalue weighted by Crippen LogP contribution is 2.35. The van der Waals surface area contributed by atoms with Crippen molar-refractivity contribution in [3.8, 4) is 0 Å². The Hall–Kier alpha value is -1.80. The first kappa shape index (κ1) is 15.6. The molecular formula is C13H18N2O6. The van der Waals surface area contributed by atoms with Crippen LogP contribution in [-0.2, 0) is 19.2 Å². The summed E-state index contributed by atoms with van der Waals surface area (Å²) in [5, 5.41) is 18.5. The molecule has 0 aliphatic carbocycles. The van der Waals surface area contributed by atoms with E-state index < -0.39 is 54.3 Å². The SMILES string of the molecule is CC1(CO)CC(=O)N(CN2C(=O)CC(C)(CO)C2=O)C1=O. The Balaban J connectivity index is 2.20. The van der Waals surface area contributed by atoms with Crippen LogP contribution in [0.25, 0.3) is 0 Å². The minimum absolute atomic E-state index is 0.157. The monoisotopic (exact) mass is 298 g/mol. The molecule has 0 bridgehead atoms. The van der Waals surface area contributed by atoms with Gasteiger partial charge in [0.1, 0.15) is 6.67 Å². The van der Waals surface area contributed by atoms with Crippen molar-refractivity contribution in [2.45, 2.75) is 26.7 Å². The Labute approximate surface area is 121 Å². The largest absolute Gasteiger partial charge is 0.395 e. The van der Waals surface area contributed by atoms with E-state index in [0.717, 1.165) is 9.80 Å². The fourth-order valence-electron chi connectivity index (χ4n) is 2.56. The number of aliphatic hydroxyl groups is 2. The number of carbonyl (C=O) groups is 4. The summed E-state index contributed by atoms with van der Waals surface area (Å²) in [7, 11) is 0. The van der Waals surface area contributed by atoms with Crippen molar-refractivity contribution in [2.75, 3.05) is 19.9 Å². The van der Waals surface area contributed by atoms with Crippen molar-refractivity contribution in [1.82, 2.24) is 9.80 Å². The number of nitrogens with zero attached hydrogens (tertiary/aromatic N) is 2. The molecule has 2 rings (SSSR count). The number of rotatable bonds is 4. The highest BCUT2D eigenvalue weighted by molar-refractivity contribution is 6.09. The predicted octanol–water partition coefficient (Wildman–Crippen LogP) is -1.54. The van der Waals surface area contributed by atoms with Gasteiger partial charge in [0.2, 0.25) is 23.6 Å². The van der Waals surface area contributed by atoms with Crippen molar-refractivity contribution < 1.29 is 29.4 Å². The lowest BCUT2D eigenvalue weighted by molar-refractivity contribution is -0.150. The Morgan fingerprint density at radius 1 is 0.857 bits per heavy atom. The van der Waals surface area contributed by atoms with E-state index >= 15 is 0 Å². The van der Waals surface area contributed by atoms with E-state index in [-0.39, 0.29) is 12.8 Å². The van der Waals surface area contributed by atoms with Gasteiger partial charge < -0.3 is 10.2 Å². The van der Waals surface area contributed by atoms with Crippen LogP contribution in [0.2, 0.25) is 0 Å². The molecule has 2 aliphatic heterocycles. The van der Waals surface area contributed by atoms with Crippen LogP contribution < -0.4 is 0 Å². The van der Waals surface area contributed by atoms with E-state index in [9.17, 15) is 29.4 Å². The van der Waals surface area contributed by atoms with Crippen molar-refractivity contribution in [3.05, 3.63) is 0 Å². The normalized spacial score (nSPS) is 33.5. The first-order chi connectivity index (χ1) is 9.68. The van der Waals surface area contributed by atoms with Crippen LogP contribution in [-0.4, -0.2) is 63.5 Å². The molecular weight excluding hydrogens is 280 g/mol. The van der Waals surface area contributed by atoms with Gasteiger partial charge in [-0.15, -0.1) is 0 Å². The predicted molar refractivity (Wildman–Crippen MR) is 68.2 cm³/mol. The molecule has 0 aromatic carbocycles. The number of hydrogen-bond donors (Lipinski definition) is 2. The van der Waals surface area contributed by atoms with Crippen LogP contribution >= 0.6 is 0 Å². The second kappa shape index (κ2) is 4.88. The standard InChI is InChI=1S/C13H18N2O6/c1-12(5-16)3-8(18)14(10(12)20)7-15-9(19)4-13(2,6-17)11(15)21/h16-17H,3-7H2,1-2H3. The molecule has 21 heavy (non-hydrogen) atoms. The molecule has 116 valence electrons. The van der Waals surface area contributed by atoms with Crippen LogP contribution in [0.15, 0.2) is 0 Å². The molecule has 2 atom stereocenters. The average molecular weight is 298 g/mol. The maximum atomic E-state index is 12.1. The van der Waals surface area contributed by atoms with Crippen molar-refractivity contribution in [2.24, 2.45) is 10.8 Å². The minimum Gasteiger partial charge on any atom is -0.395 e. The third kappa shape index (κ3) is 2.24. The van der Waals surface area contributed by atoms with Crippen molar-refractivity contribution in [1.29, 1.82) is 0 Å². The van der Waals surface area contributed by atoms with Gasteiger partial charge in [-0.2, -0.15) is 0 Å². The molecule has 8 nitrogen and oxygen atoms in total. The van der Waals surface area contributed by atoms with Gasteiger partial charge in [0.05, 0.1) is 24.0 Å². The number of amides is 4. The second-order valence-corrected chi connectivity index (χ2v) is 6.19. The van der Waals surface area contributed by atoms with Crippen LogP contribution in [0.5, 0.6) is 0 Å². The lowest BCUT2D eigenvalue weighted by Gasteiger charge is -2.25. The molecule has 2 N–H and O–H groups in total. The van der Waals surface area contributed by atoms with Gasteiger partial charge in [0.15, 0.2) is 0 Å². The Morgan fingerprint density at radius 2 is 1.19 bits per heavy atom. The van der Waals surface area contributed by atoms with E-state index in [0.29, 0.717) is 0 Å². The smallest absolute Gasteiger partial charge is 0.239 e. The van der Waals surface area contributed by atoms with Crippen LogP contribution in [0, 0.1) is 10.8 Å². The van der Waals surface area contributed by atoms with E-state index in [2.05, 4.69) is 0 Å². The summed E-state index contributed by atoms with van der Waals surface area (Å²) >= 11 is 0. The number of carbonyl (C=O) groups excluding carboxylic acids is 4. The molecule has 2 saturated heterocycles. The maximum Gasteiger partial charge on any atom is 0.239 e. The zero-order valence-electron chi connectivity index (χ0n) is 12.0. The zero-order chi connectivity index (χ0) is 16.0. The molecule has 0 aromatic heterocycles. The quantitative estimate of drug-likeness (QED) is 0.608. The third-order valence-electron chi connectivity index (χ3n) is 4.19. The summed E-state index contributed by atoms with van der Waals surface area (Å²) in [6.45, 7) is 1.49. The van der Waals surface area contributed by atoms with E-state index in [4.69, 9.17) is 0 Å². The highest BCUT2D eigenvalue weighted by atomic mass is 16.3. The Bertz CT molecular complexity index is 487. The van der Waals surface area contributed by atoms with E-state index in [1.807, 2.05) is 0 Å². The maximum absolute atomic E-state index is 12.1. The van der Waals surface area contributed by atoms with Gasteiger partial charge >= 0.3 is 0 Å². The summed E-state index contributed by atoms with van der Waals surface area (Å²) in [5.74, 6) is -2.27. The molecule has 8 heteroatoms. The van der Waals surface area contributed by atoms with Gasteiger partial charge in [-0.1, -0.05) is 0 Å². The van der Waals surface area contributed by atoms with Gasteiger partial charge in [0, 0.05) is 12.8 Å². The molecule has 4 amide bonds. The van der Waals surface area contributed by atoms with Gasteiger partial charge in [0.25, 0.3) is 0 Å². The van der Waals surface area contributed by atoms with E-state index in [1.54, 1.807) is 0 Å². The minimum atomic E-state index is -1.21. The number of likely N-dealkylation sites (tertiary alicyclic amines) is 2. The topological polar surface area (TPSA) is 115 Å². The van der Waals surface area contributed by atoms with Gasteiger partial charge in [-0.25, -0.2) is 0 Å². The summed E-state index contributed by atoms with van der Waals surface area (Å²) in [6, 6.07) is 0. The lowest BCUT2D eigenvalue weighted by Crippen LogP contribution is -2.47. The molecule has 2 fully saturated rings. The highest BCUT2D eigenvalue weighted by Gasteiger charge is 2.52. The lowest BCUT2D eigenvalue weighted by atomic mass is 9.90. The summed E-state index contributed by atoms with van der Waals surface area (Å²) < 4.78 is 0. The first-order valence-corrected chi connectivity index (χ1v) is 6.60. The summed E-state index contributed by atoms with van der Waals surface area (Å²) in [4.78, 5) is 49.7. The molecule has 0 spiro atoms. The Morgan fingerprint density at radius 3 is 1.43 bits per heavy atom. The van der Waals surface area contributed by atoms with Gasteiger partial charge in [-0.05, 0) is 13.8 Å². The van der Waals surface area contributed by atoms with Crippen LogP contribution in [0.3, 0.4) is 0 Å². The fourth-order valence-corrected chi connectivity index (χ4v) is 2.56. The molecule has 0 saturated carbocycles. The number of hydrogen-bond acceptors (Lipinski definition) is 6. The molecule has 2 unspecified atom stereocenters. The number of imide groups is 2. The fraction of sp³-hybridized carbons (Fsp3) is 0.692. The molecule has 0 aromatic rings. The van der Waals surface area contributed by atoms with Crippen molar-refractivity contribution >= 4 is 23.6 Å². The van der Waals surface area contributed by atoms with E-state index in [1.165, 1.54) is 13.8 Å². The molecule has 0 radical (unpaired) electrons. The first-order valence-electron chi connectivity index (χ1n) is 6.60. The number of aliphatic hydroxyl groups excluding tert-OH is 2. The van der Waals surface area contributed by atoms with Crippen LogP contribution in [0.4, 0.5) is 0 Å². The third-order valence-corrected chi connectivity index (χ3v) is 4.19. The summed E-state index contributed by atoms with van der Waals surface area (Å²) in [6.07, 6.45) is -0.314. The molecule has 2 heterocycles. The zero-order valence-corrected chi connectivity index (χ0v) is 12.0. The molecule has 2 aliphatic rings. The summed E-state index contributed by atoms with van der Waals surface area (Å²) in [5.41, 5.74) is -2.41. The Kier molecular flexibility index (Phi) is 3.63. The van der Waals surface area contributed by atoms with Crippen LogP contribution in [0.1, 0.15) is 26.7 Å².